The van der Waals surface area contributed by atoms with Gasteiger partial charge in [0.25, 0.3) is 0 Å². The number of carbonyl (C=O) groups excluding carboxylic acids is 2. The minimum absolute atomic E-state index is 0.323. The normalized spacial score (nSPS) is 20.7. The molecule has 2 aromatic carbocycles. The van der Waals surface area contributed by atoms with Crippen molar-refractivity contribution >= 4 is 64.4 Å². The molecule has 0 saturated heterocycles. The van der Waals surface area contributed by atoms with E-state index in [2.05, 4.69) is 0 Å². The largest absolute Gasteiger partial charge is 0.468 e. The number of hydrogen-bond acceptors (Lipinski definition) is 4. The minimum atomic E-state index is -1.10. The van der Waals surface area contributed by atoms with Crippen LogP contribution >= 0.6 is 46.4 Å². The SMILES string of the molecule is COC(=O)C1=C[C@H](c2ccc(Cl)c(Cl)c2)[C@@](/C=C/c2ccc(Cl)c(Cl)c2)(C(=O)OC)CC1. The van der Waals surface area contributed by atoms with Crippen LogP contribution in [0.25, 0.3) is 6.08 Å². The van der Waals surface area contributed by atoms with Crippen LogP contribution in [0.3, 0.4) is 0 Å². The lowest BCUT2D eigenvalue weighted by molar-refractivity contribution is -0.151. The molecule has 0 fully saturated rings. The summed E-state index contributed by atoms with van der Waals surface area (Å²) in [7, 11) is 2.66. The van der Waals surface area contributed by atoms with E-state index in [0.29, 0.717) is 44.1 Å². The molecule has 0 spiro atoms. The average molecular weight is 514 g/mol. The van der Waals surface area contributed by atoms with Crippen LogP contribution < -0.4 is 0 Å². The molecule has 0 amide bonds. The van der Waals surface area contributed by atoms with Crippen LogP contribution in [-0.4, -0.2) is 26.2 Å². The van der Waals surface area contributed by atoms with Crippen molar-refractivity contribution < 1.29 is 19.1 Å². The van der Waals surface area contributed by atoms with Crippen molar-refractivity contribution in [2.24, 2.45) is 5.41 Å². The number of methoxy groups -OCH3 is 2. The number of hydrogen-bond donors (Lipinski definition) is 0. The van der Waals surface area contributed by atoms with Crippen molar-refractivity contribution in [3.05, 3.63) is 85.3 Å². The summed E-state index contributed by atoms with van der Waals surface area (Å²) in [4.78, 5) is 25.5. The minimum Gasteiger partial charge on any atom is -0.468 e. The molecule has 1 aliphatic rings. The molecule has 0 heterocycles. The highest BCUT2D eigenvalue weighted by Gasteiger charge is 2.47. The molecule has 4 nitrogen and oxygen atoms in total. The number of allylic oxidation sites excluding steroid dienone is 1. The number of rotatable bonds is 5. The molecule has 0 radical (unpaired) electrons. The van der Waals surface area contributed by atoms with Gasteiger partial charge in [-0.25, -0.2) is 4.79 Å². The van der Waals surface area contributed by atoms with E-state index in [9.17, 15) is 9.59 Å². The standard InChI is InChI=1S/C24H20Cl4O4/c1-31-22(29)16-8-10-24(23(30)32-2,9-7-14-3-5-18(25)20(27)11-14)17(12-16)15-4-6-19(26)21(28)13-15/h3-7,9,11-13,17H,8,10H2,1-2H3/b9-7+/t17-,24+/m1/s1. The maximum Gasteiger partial charge on any atom is 0.333 e. The van der Waals surface area contributed by atoms with Gasteiger partial charge in [0.15, 0.2) is 0 Å². The van der Waals surface area contributed by atoms with Gasteiger partial charge < -0.3 is 9.47 Å². The lowest BCUT2D eigenvalue weighted by Gasteiger charge is -2.38. The third-order valence-corrected chi connectivity index (χ3v) is 7.04. The van der Waals surface area contributed by atoms with Crippen LogP contribution in [0.4, 0.5) is 0 Å². The Labute approximate surface area is 206 Å². The molecule has 1 aliphatic carbocycles. The van der Waals surface area contributed by atoms with E-state index in [-0.39, 0.29) is 0 Å². The van der Waals surface area contributed by atoms with E-state index >= 15 is 0 Å². The molecule has 0 N–H and O–H groups in total. The van der Waals surface area contributed by atoms with Gasteiger partial charge in [0, 0.05) is 11.5 Å². The molecule has 0 saturated carbocycles. The highest BCUT2D eigenvalue weighted by Crippen LogP contribution is 2.49. The molecule has 168 valence electrons. The van der Waals surface area contributed by atoms with E-state index in [0.717, 1.165) is 5.56 Å². The summed E-state index contributed by atoms with van der Waals surface area (Å²) in [5.41, 5.74) is 0.851. The summed E-state index contributed by atoms with van der Waals surface area (Å²) in [6.07, 6.45) is 5.98. The van der Waals surface area contributed by atoms with Gasteiger partial charge in [0.05, 0.1) is 39.7 Å². The molecule has 8 heteroatoms. The first kappa shape index (κ1) is 24.7. The Hall–Kier alpha value is -1.98. The van der Waals surface area contributed by atoms with Crippen molar-refractivity contribution in [2.75, 3.05) is 14.2 Å². The van der Waals surface area contributed by atoms with Crippen molar-refractivity contribution in [3.8, 4) is 0 Å². The number of halogens is 4. The fourth-order valence-corrected chi connectivity index (χ4v) is 4.48. The first-order valence-electron chi connectivity index (χ1n) is 9.68. The van der Waals surface area contributed by atoms with Gasteiger partial charge in [0.1, 0.15) is 0 Å². The van der Waals surface area contributed by atoms with Crippen LogP contribution in [0.5, 0.6) is 0 Å². The Kier molecular flexibility index (Phi) is 7.94. The van der Waals surface area contributed by atoms with Crippen molar-refractivity contribution in [2.45, 2.75) is 18.8 Å². The molecular formula is C24H20Cl4O4. The van der Waals surface area contributed by atoms with Gasteiger partial charge >= 0.3 is 11.9 Å². The Bertz CT molecular complexity index is 1110. The zero-order valence-corrected chi connectivity index (χ0v) is 20.4. The molecule has 2 atom stereocenters. The van der Waals surface area contributed by atoms with Crippen molar-refractivity contribution in [1.29, 1.82) is 0 Å². The van der Waals surface area contributed by atoms with E-state index in [4.69, 9.17) is 55.9 Å². The summed E-state index contributed by atoms with van der Waals surface area (Å²) in [6, 6.07) is 10.3. The second-order valence-corrected chi connectivity index (χ2v) is 9.00. The second kappa shape index (κ2) is 10.3. The van der Waals surface area contributed by atoms with E-state index in [1.54, 1.807) is 54.6 Å². The molecule has 0 bridgehead atoms. The fourth-order valence-electron chi connectivity index (χ4n) is 3.87. The number of ether oxygens (including phenoxy) is 2. The molecule has 2 aromatic rings. The highest BCUT2D eigenvalue weighted by molar-refractivity contribution is 6.42. The molecule has 0 aromatic heterocycles. The van der Waals surface area contributed by atoms with Crippen LogP contribution in [0.2, 0.25) is 20.1 Å². The molecule has 32 heavy (non-hydrogen) atoms. The smallest absolute Gasteiger partial charge is 0.333 e. The van der Waals surface area contributed by atoms with Gasteiger partial charge in [-0.1, -0.05) is 76.8 Å². The maximum absolute atomic E-state index is 13.2. The monoisotopic (exact) mass is 512 g/mol. The van der Waals surface area contributed by atoms with E-state index in [1.807, 2.05) is 0 Å². The lowest BCUT2D eigenvalue weighted by atomic mass is 9.64. The Morgan fingerprint density at radius 1 is 0.938 bits per heavy atom. The van der Waals surface area contributed by atoms with Gasteiger partial charge in [-0.3, -0.25) is 4.79 Å². The number of esters is 2. The summed E-state index contributed by atoms with van der Waals surface area (Å²) >= 11 is 24.5. The maximum atomic E-state index is 13.2. The summed E-state index contributed by atoms with van der Waals surface area (Å²) < 4.78 is 10.1. The molecule has 0 unspecified atom stereocenters. The fraction of sp³-hybridized carbons (Fsp3) is 0.250. The predicted octanol–water partition coefficient (Wildman–Crippen LogP) is 7.15. The summed E-state index contributed by atoms with van der Waals surface area (Å²) in [5, 5.41) is 1.57. The van der Waals surface area contributed by atoms with Crippen LogP contribution in [0.1, 0.15) is 29.9 Å². The zero-order valence-electron chi connectivity index (χ0n) is 17.3. The van der Waals surface area contributed by atoms with Crippen LogP contribution in [-0.2, 0) is 19.1 Å². The van der Waals surface area contributed by atoms with Crippen molar-refractivity contribution in [3.63, 3.8) is 0 Å². The first-order chi connectivity index (χ1) is 15.2. The number of benzene rings is 2. The molecular weight excluding hydrogens is 494 g/mol. The zero-order chi connectivity index (χ0) is 23.5. The first-order valence-corrected chi connectivity index (χ1v) is 11.2. The third-order valence-electron chi connectivity index (χ3n) is 5.56. The molecule has 0 aliphatic heterocycles. The summed E-state index contributed by atoms with van der Waals surface area (Å²) in [6.45, 7) is 0. The average Bonchev–Trinajstić information content (AvgIpc) is 2.80. The van der Waals surface area contributed by atoms with E-state index in [1.165, 1.54) is 14.2 Å². The number of carbonyl (C=O) groups is 2. The van der Waals surface area contributed by atoms with Gasteiger partial charge in [-0.05, 0) is 48.2 Å². The van der Waals surface area contributed by atoms with Gasteiger partial charge in [0.2, 0.25) is 0 Å². The highest BCUT2D eigenvalue weighted by atomic mass is 35.5. The van der Waals surface area contributed by atoms with Crippen LogP contribution in [0, 0.1) is 5.41 Å². The lowest BCUT2D eigenvalue weighted by Crippen LogP contribution is -2.39. The third kappa shape index (κ3) is 4.99. The van der Waals surface area contributed by atoms with Crippen LogP contribution in [0.15, 0.2) is 54.1 Å². The Morgan fingerprint density at radius 2 is 1.59 bits per heavy atom. The van der Waals surface area contributed by atoms with Crippen molar-refractivity contribution in [1.82, 2.24) is 0 Å². The molecule has 3 rings (SSSR count). The Morgan fingerprint density at radius 3 is 2.19 bits per heavy atom. The van der Waals surface area contributed by atoms with Gasteiger partial charge in [-0.2, -0.15) is 0 Å². The summed E-state index contributed by atoms with van der Waals surface area (Å²) in [5.74, 6) is -1.43. The predicted molar refractivity (Wildman–Crippen MR) is 128 cm³/mol. The van der Waals surface area contributed by atoms with Gasteiger partial charge in [-0.15, -0.1) is 0 Å². The quantitative estimate of drug-likeness (QED) is 0.398. The second-order valence-electron chi connectivity index (χ2n) is 7.37. The Balaban J connectivity index is 2.17. The topological polar surface area (TPSA) is 52.6 Å². The van der Waals surface area contributed by atoms with E-state index < -0.39 is 23.3 Å².